The van der Waals surface area contributed by atoms with Crippen molar-refractivity contribution in [1.29, 1.82) is 0 Å². The van der Waals surface area contributed by atoms with Gasteiger partial charge in [-0.15, -0.1) is 0 Å². The molecule has 2 saturated heterocycles. The summed E-state index contributed by atoms with van der Waals surface area (Å²) in [5.41, 5.74) is 0. The van der Waals surface area contributed by atoms with Crippen molar-refractivity contribution < 1.29 is 19.0 Å². The molecular weight excluding hydrogens is 284 g/mol. The van der Waals surface area contributed by atoms with Crippen LogP contribution in [0.1, 0.15) is 25.7 Å². The van der Waals surface area contributed by atoms with Crippen molar-refractivity contribution in [3.8, 4) is 0 Å². The summed E-state index contributed by atoms with van der Waals surface area (Å²) in [6.07, 6.45) is 4.31. The molecule has 0 aromatic carbocycles. The molecule has 3 atom stereocenters. The molecule has 0 N–H and O–H groups in total. The van der Waals surface area contributed by atoms with Crippen molar-refractivity contribution in [2.45, 2.75) is 43.9 Å². The standard InChI is InChI=1S/C16H28N2O4/c1-17(2)16(19)18-7-10-21-15-13(18)3-4-14(15)22-11-12-5-8-20-9-6-12/h12-15H,3-11H2,1-2H3/t13-,14+,15+/m0/s1. The summed E-state index contributed by atoms with van der Waals surface area (Å²) in [7, 11) is 3.61. The Hall–Kier alpha value is -0.850. The Kier molecular flexibility index (Phi) is 5.21. The van der Waals surface area contributed by atoms with Crippen molar-refractivity contribution >= 4 is 6.03 Å². The van der Waals surface area contributed by atoms with Gasteiger partial charge in [0.2, 0.25) is 0 Å². The van der Waals surface area contributed by atoms with Gasteiger partial charge in [0.25, 0.3) is 0 Å². The second-order valence-corrected chi connectivity index (χ2v) is 6.78. The van der Waals surface area contributed by atoms with Gasteiger partial charge in [-0.25, -0.2) is 4.79 Å². The zero-order chi connectivity index (χ0) is 15.5. The molecule has 3 fully saturated rings. The van der Waals surface area contributed by atoms with Gasteiger partial charge < -0.3 is 24.0 Å². The van der Waals surface area contributed by atoms with Crippen LogP contribution in [0, 0.1) is 5.92 Å². The molecule has 0 aromatic rings. The first kappa shape index (κ1) is 16.0. The maximum Gasteiger partial charge on any atom is 0.319 e. The maximum absolute atomic E-state index is 12.3. The van der Waals surface area contributed by atoms with E-state index in [-0.39, 0.29) is 24.3 Å². The highest BCUT2D eigenvalue weighted by atomic mass is 16.5. The van der Waals surface area contributed by atoms with Crippen LogP contribution in [0.2, 0.25) is 0 Å². The summed E-state index contributed by atoms with van der Waals surface area (Å²) in [6.45, 7) is 3.80. The molecule has 1 saturated carbocycles. The van der Waals surface area contributed by atoms with E-state index in [1.54, 1.807) is 19.0 Å². The lowest BCUT2D eigenvalue weighted by atomic mass is 10.0. The highest BCUT2D eigenvalue weighted by Gasteiger charge is 2.45. The van der Waals surface area contributed by atoms with Crippen LogP contribution in [0.5, 0.6) is 0 Å². The average Bonchev–Trinajstić information content (AvgIpc) is 2.96. The Morgan fingerprint density at radius 2 is 1.95 bits per heavy atom. The molecule has 1 aliphatic carbocycles. The monoisotopic (exact) mass is 312 g/mol. The van der Waals surface area contributed by atoms with Crippen molar-refractivity contribution in [2.75, 3.05) is 47.1 Å². The normalized spacial score (nSPS) is 32.8. The molecule has 0 aromatic heterocycles. The topological polar surface area (TPSA) is 51.2 Å². The number of hydrogen-bond donors (Lipinski definition) is 0. The van der Waals surface area contributed by atoms with Gasteiger partial charge >= 0.3 is 6.03 Å². The number of rotatable bonds is 3. The van der Waals surface area contributed by atoms with Crippen LogP contribution < -0.4 is 0 Å². The summed E-state index contributed by atoms with van der Waals surface area (Å²) < 4.78 is 17.5. The molecular formula is C16H28N2O4. The second-order valence-electron chi connectivity index (χ2n) is 6.78. The third-order valence-electron chi connectivity index (χ3n) is 5.05. The molecule has 2 amide bonds. The fourth-order valence-electron chi connectivity index (χ4n) is 3.76. The third-order valence-corrected chi connectivity index (χ3v) is 5.05. The zero-order valence-corrected chi connectivity index (χ0v) is 13.7. The molecule has 0 radical (unpaired) electrons. The van der Waals surface area contributed by atoms with E-state index < -0.39 is 0 Å². The highest BCUT2D eigenvalue weighted by molar-refractivity contribution is 5.74. The molecule has 2 aliphatic heterocycles. The number of carbonyl (C=O) groups excluding carboxylic acids is 1. The van der Waals surface area contributed by atoms with Crippen molar-refractivity contribution in [3.05, 3.63) is 0 Å². The van der Waals surface area contributed by atoms with E-state index in [1.165, 1.54) is 0 Å². The predicted molar refractivity (Wildman–Crippen MR) is 81.8 cm³/mol. The van der Waals surface area contributed by atoms with Crippen molar-refractivity contribution in [1.82, 2.24) is 9.80 Å². The molecule has 6 heteroatoms. The number of carbonyl (C=O) groups is 1. The Bertz CT molecular complexity index is 384. The molecule has 2 heterocycles. The molecule has 126 valence electrons. The van der Waals surface area contributed by atoms with Crippen LogP contribution in [0.25, 0.3) is 0 Å². The van der Waals surface area contributed by atoms with Crippen LogP contribution in [-0.2, 0) is 14.2 Å². The minimum atomic E-state index is 0.0393. The van der Waals surface area contributed by atoms with Crippen LogP contribution in [0.4, 0.5) is 4.79 Å². The van der Waals surface area contributed by atoms with Gasteiger partial charge in [0, 0.05) is 33.9 Å². The number of fused-ring (bicyclic) bond motifs is 1. The van der Waals surface area contributed by atoms with E-state index in [2.05, 4.69) is 0 Å². The van der Waals surface area contributed by atoms with Gasteiger partial charge in [-0.2, -0.15) is 0 Å². The third kappa shape index (κ3) is 3.39. The van der Waals surface area contributed by atoms with E-state index in [1.807, 2.05) is 4.90 Å². The molecule has 6 nitrogen and oxygen atoms in total. The highest BCUT2D eigenvalue weighted by Crippen LogP contribution is 2.33. The van der Waals surface area contributed by atoms with Crippen LogP contribution in [-0.4, -0.2) is 81.1 Å². The fourth-order valence-corrected chi connectivity index (χ4v) is 3.76. The molecule has 0 bridgehead atoms. The van der Waals surface area contributed by atoms with Gasteiger partial charge in [0.15, 0.2) is 0 Å². The minimum absolute atomic E-state index is 0.0393. The number of hydrogen-bond acceptors (Lipinski definition) is 4. The summed E-state index contributed by atoms with van der Waals surface area (Å²) in [5.74, 6) is 0.607. The van der Waals surface area contributed by atoms with E-state index >= 15 is 0 Å². The zero-order valence-electron chi connectivity index (χ0n) is 13.7. The van der Waals surface area contributed by atoms with E-state index in [4.69, 9.17) is 14.2 Å². The molecule has 3 aliphatic rings. The number of amides is 2. The summed E-state index contributed by atoms with van der Waals surface area (Å²) >= 11 is 0. The fraction of sp³-hybridized carbons (Fsp3) is 0.938. The van der Waals surface area contributed by atoms with E-state index in [9.17, 15) is 4.79 Å². The Balaban J connectivity index is 1.54. The molecule has 22 heavy (non-hydrogen) atoms. The van der Waals surface area contributed by atoms with Crippen LogP contribution in [0.3, 0.4) is 0 Å². The Labute approximate surface area is 132 Å². The summed E-state index contributed by atoms with van der Waals surface area (Å²) in [4.78, 5) is 15.9. The first-order valence-electron chi connectivity index (χ1n) is 8.45. The lowest BCUT2D eigenvalue weighted by Gasteiger charge is -2.40. The Morgan fingerprint density at radius 1 is 1.18 bits per heavy atom. The smallest absolute Gasteiger partial charge is 0.319 e. The lowest BCUT2D eigenvalue weighted by Crippen LogP contribution is -2.56. The van der Waals surface area contributed by atoms with Crippen LogP contribution in [0.15, 0.2) is 0 Å². The predicted octanol–water partition coefficient (Wildman–Crippen LogP) is 1.34. The number of urea groups is 1. The molecule has 0 spiro atoms. The van der Waals surface area contributed by atoms with Gasteiger partial charge in [0.05, 0.1) is 25.4 Å². The maximum atomic E-state index is 12.3. The Morgan fingerprint density at radius 3 is 2.68 bits per heavy atom. The van der Waals surface area contributed by atoms with Crippen LogP contribution >= 0.6 is 0 Å². The lowest BCUT2D eigenvalue weighted by molar-refractivity contribution is -0.113. The quantitative estimate of drug-likeness (QED) is 0.789. The van der Waals surface area contributed by atoms with Crippen molar-refractivity contribution in [3.63, 3.8) is 0 Å². The van der Waals surface area contributed by atoms with Gasteiger partial charge in [-0.05, 0) is 31.6 Å². The first-order chi connectivity index (χ1) is 10.7. The number of ether oxygens (including phenoxy) is 3. The second kappa shape index (κ2) is 7.15. The van der Waals surface area contributed by atoms with Gasteiger partial charge in [-0.3, -0.25) is 0 Å². The minimum Gasteiger partial charge on any atom is -0.381 e. The summed E-state index contributed by atoms with van der Waals surface area (Å²) in [6, 6.07) is 0.256. The van der Waals surface area contributed by atoms with Crippen molar-refractivity contribution in [2.24, 2.45) is 5.92 Å². The number of morpholine rings is 1. The van der Waals surface area contributed by atoms with Gasteiger partial charge in [0.1, 0.15) is 6.10 Å². The summed E-state index contributed by atoms with van der Waals surface area (Å²) in [5, 5.41) is 0. The average molecular weight is 312 g/mol. The molecule has 3 rings (SSSR count). The largest absolute Gasteiger partial charge is 0.381 e. The van der Waals surface area contributed by atoms with Gasteiger partial charge in [-0.1, -0.05) is 0 Å². The van der Waals surface area contributed by atoms with E-state index in [0.29, 0.717) is 19.1 Å². The first-order valence-corrected chi connectivity index (χ1v) is 8.45. The number of nitrogens with zero attached hydrogens (tertiary/aromatic N) is 2. The SMILES string of the molecule is CN(C)C(=O)N1CCO[C@H]2[C@H](OCC3CCOCC3)CC[C@@H]21. The van der Waals surface area contributed by atoms with E-state index in [0.717, 1.165) is 45.5 Å². The molecule has 0 unspecified atom stereocenters.